The topological polar surface area (TPSA) is 75.2 Å². The number of benzene rings is 1. The molecule has 9 heteroatoms. The molecule has 3 aliphatic rings. The average Bonchev–Trinajstić information content (AvgIpc) is 3.60. The summed E-state index contributed by atoms with van der Waals surface area (Å²) in [4.78, 5) is 33.9. The molecule has 2 fully saturated rings. The van der Waals surface area contributed by atoms with Crippen molar-refractivity contribution >= 4 is 17.8 Å². The van der Waals surface area contributed by atoms with Crippen LogP contribution in [0.2, 0.25) is 0 Å². The normalized spacial score (nSPS) is 23.7. The van der Waals surface area contributed by atoms with Crippen LogP contribution < -0.4 is 5.32 Å². The molecule has 2 aliphatic carbocycles. The number of amides is 2. The van der Waals surface area contributed by atoms with Gasteiger partial charge in [-0.2, -0.15) is 0 Å². The summed E-state index contributed by atoms with van der Waals surface area (Å²) in [7, 11) is 0. The first-order valence-electron chi connectivity index (χ1n) is 9.41. The van der Waals surface area contributed by atoms with Gasteiger partial charge in [-0.1, -0.05) is 6.07 Å². The summed E-state index contributed by atoms with van der Waals surface area (Å²) in [6, 6.07) is 3.04. The first kappa shape index (κ1) is 18.1. The summed E-state index contributed by atoms with van der Waals surface area (Å²) in [5.41, 5.74) is 0.431. The number of nitrogens with zero attached hydrogens (tertiary/aromatic N) is 3. The maximum absolute atomic E-state index is 15.2. The van der Waals surface area contributed by atoms with Gasteiger partial charge >= 0.3 is 0 Å². The van der Waals surface area contributed by atoms with E-state index >= 15 is 4.39 Å². The Kier molecular flexibility index (Phi) is 3.91. The minimum atomic E-state index is -1.02. The van der Waals surface area contributed by atoms with Crippen molar-refractivity contribution in [2.75, 3.05) is 18.4 Å². The Morgan fingerprint density at radius 1 is 1.24 bits per heavy atom. The van der Waals surface area contributed by atoms with Crippen LogP contribution >= 0.6 is 0 Å². The van der Waals surface area contributed by atoms with E-state index in [1.165, 1.54) is 11.0 Å². The first-order chi connectivity index (χ1) is 13.9. The molecule has 6 nitrogen and oxygen atoms in total. The quantitative estimate of drug-likeness (QED) is 0.853. The molecule has 0 radical (unpaired) electrons. The van der Waals surface area contributed by atoms with Gasteiger partial charge in [-0.25, -0.2) is 23.1 Å². The molecule has 1 spiro atoms. The van der Waals surface area contributed by atoms with E-state index in [-0.39, 0.29) is 24.6 Å². The van der Waals surface area contributed by atoms with Crippen molar-refractivity contribution in [2.45, 2.75) is 36.8 Å². The highest BCUT2D eigenvalue weighted by Gasteiger charge is 2.54. The minimum absolute atomic E-state index is 0.0664. The molecule has 0 bridgehead atoms. The molecule has 5 rings (SSSR count). The number of fused-ring (bicyclic) bond motifs is 2. The van der Waals surface area contributed by atoms with Crippen LogP contribution in [-0.2, 0) is 10.2 Å². The highest BCUT2D eigenvalue weighted by molar-refractivity contribution is 6.01. The van der Waals surface area contributed by atoms with Crippen LogP contribution in [0.5, 0.6) is 0 Å². The van der Waals surface area contributed by atoms with Gasteiger partial charge in [0.05, 0.1) is 12.4 Å². The zero-order chi connectivity index (χ0) is 20.3. The number of halogens is 3. The number of anilines is 1. The fourth-order valence-electron chi connectivity index (χ4n) is 4.15. The molecule has 1 N–H and O–H groups in total. The molecule has 2 heterocycles. The van der Waals surface area contributed by atoms with Gasteiger partial charge in [-0.15, -0.1) is 0 Å². The van der Waals surface area contributed by atoms with Crippen LogP contribution in [0.4, 0.5) is 19.1 Å². The lowest BCUT2D eigenvalue weighted by Crippen LogP contribution is -2.47. The number of carbonyl (C=O) groups is 2. The molecule has 0 unspecified atom stereocenters. The Morgan fingerprint density at radius 3 is 2.55 bits per heavy atom. The molecule has 1 aromatic heterocycles. The summed E-state index contributed by atoms with van der Waals surface area (Å²) in [6.45, 7) is -0.0278. The molecule has 2 atom stereocenters. The Hall–Kier alpha value is -2.97. The Bertz CT molecular complexity index is 1020. The van der Waals surface area contributed by atoms with Crippen molar-refractivity contribution in [1.29, 1.82) is 0 Å². The number of nitrogens with one attached hydrogen (secondary N) is 1. The van der Waals surface area contributed by atoms with E-state index in [2.05, 4.69) is 15.3 Å². The molecular weight excluding hydrogens is 385 g/mol. The maximum Gasteiger partial charge on any atom is 0.254 e. The van der Waals surface area contributed by atoms with Crippen molar-refractivity contribution < 1.29 is 22.8 Å². The van der Waals surface area contributed by atoms with E-state index in [0.29, 0.717) is 30.4 Å². The predicted molar refractivity (Wildman–Crippen MR) is 96.1 cm³/mol. The van der Waals surface area contributed by atoms with Gasteiger partial charge in [0.1, 0.15) is 18.5 Å². The Balaban J connectivity index is 1.38. The van der Waals surface area contributed by atoms with Gasteiger partial charge in [-0.05, 0) is 30.9 Å². The fourth-order valence-corrected chi connectivity index (χ4v) is 4.15. The second-order valence-corrected chi connectivity index (χ2v) is 7.96. The van der Waals surface area contributed by atoms with Crippen LogP contribution in [0.15, 0.2) is 24.5 Å². The first-order valence-corrected chi connectivity index (χ1v) is 9.41. The van der Waals surface area contributed by atoms with Crippen LogP contribution in [0.3, 0.4) is 0 Å². The third-order valence-corrected chi connectivity index (χ3v) is 5.88. The number of carbonyl (C=O) groups excluding carboxylic acids is 2. The second-order valence-electron chi connectivity index (χ2n) is 7.96. The SMILES string of the molecule is O=C(CN1CC2(CC2)c2c(ccc([C@H]3C[C@@H]3F)c2F)C1=O)Nc1ncc(F)cn1. The van der Waals surface area contributed by atoms with E-state index < -0.39 is 41.0 Å². The smallest absolute Gasteiger partial charge is 0.254 e. The highest BCUT2D eigenvalue weighted by Crippen LogP contribution is 2.55. The summed E-state index contributed by atoms with van der Waals surface area (Å²) < 4.78 is 41.5. The number of hydrogen-bond donors (Lipinski definition) is 1. The molecular formula is C20H17F3N4O2. The van der Waals surface area contributed by atoms with Gasteiger partial charge in [-0.3, -0.25) is 14.9 Å². The number of alkyl halides is 1. The Labute approximate surface area is 164 Å². The number of hydrogen-bond acceptors (Lipinski definition) is 4. The van der Waals surface area contributed by atoms with E-state index in [9.17, 15) is 18.4 Å². The summed E-state index contributed by atoms with van der Waals surface area (Å²) >= 11 is 0. The van der Waals surface area contributed by atoms with E-state index in [0.717, 1.165) is 12.4 Å². The lowest BCUT2D eigenvalue weighted by molar-refractivity contribution is -0.117. The van der Waals surface area contributed by atoms with Crippen LogP contribution in [-0.4, -0.2) is 45.9 Å². The van der Waals surface area contributed by atoms with Gasteiger partial charge < -0.3 is 4.90 Å². The molecule has 150 valence electrons. The van der Waals surface area contributed by atoms with Gasteiger partial charge in [0, 0.05) is 29.0 Å². The van der Waals surface area contributed by atoms with E-state index in [1.807, 2.05) is 0 Å². The minimum Gasteiger partial charge on any atom is -0.328 e. The van der Waals surface area contributed by atoms with Crippen LogP contribution in [0, 0.1) is 11.6 Å². The van der Waals surface area contributed by atoms with Crippen LogP contribution in [0.25, 0.3) is 0 Å². The van der Waals surface area contributed by atoms with E-state index in [4.69, 9.17) is 0 Å². The van der Waals surface area contributed by atoms with Crippen molar-refractivity contribution in [1.82, 2.24) is 14.9 Å². The lowest BCUT2D eigenvalue weighted by atomic mass is 9.84. The third-order valence-electron chi connectivity index (χ3n) is 5.88. The predicted octanol–water partition coefficient (Wildman–Crippen LogP) is 2.71. The average molecular weight is 402 g/mol. The largest absolute Gasteiger partial charge is 0.328 e. The molecule has 2 saturated carbocycles. The van der Waals surface area contributed by atoms with Crippen molar-refractivity contribution in [3.8, 4) is 0 Å². The molecule has 2 amide bonds. The van der Waals surface area contributed by atoms with Crippen molar-refractivity contribution in [2.24, 2.45) is 0 Å². The highest BCUT2D eigenvalue weighted by atomic mass is 19.1. The maximum atomic E-state index is 15.2. The summed E-state index contributed by atoms with van der Waals surface area (Å²) in [5, 5.41) is 2.42. The van der Waals surface area contributed by atoms with Gasteiger partial charge in [0.25, 0.3) is 5.91 Å². The zero-order valence-electron chi connectivity index (χ0n) is 15.3. The molecule has 29 heavy (non-hydrogen) atoms. The zero-order valence-corrected chi connectivity index (χ0v) is 15.3. The molecule has 0 saturated heterocycles. The lowest BCUT2D eigenvalue weighted by Gasteiger charge is -2.35. The fraction of sp³-hybridized carbons (Fsp3) is 0.400. The Morgan fingerprint density at radius 2 is 1.93 bits per heavy atom. The van der Waals surface area contributed by atoms with Crippen LogP contribution in [0.1, 0.15) is 46.7 Å². The number of rotatable bonds is 4. The number of aromatic nitrogens is 2. The third kappa shape index (κ3) is 3.04. The second kappa shape index (κ2) is 6.27. The standard InChI is InChI=1S/C20H17F3N4O2/c21-10-6-24-19(25-7-10)26-15(28)8-27-9-20(3-4-20)16-12(18(27)29)2-1-11(17(16)23)13-5-14(13)22/h1-2,6-7,13-14H,3-5,8-9H2,(H,24,25,26,28)/t13-,14+/m1/s1. The van der Waals surface area contributed by atoms with Crippen molar-refractivity contribution in [3.63, 3.8) is 0 Å². The monoisotopic (exact) mass is 402 g/mol. The van der Waals surface area contributed by atoms with Gasteiger partial charge in [0.2, 0.25) is 11.9 Å². The summed E-state index contributed by atoms with van der Waals surface area (Å²) in [6.07, 6.45) is 2.55. The summed E-state index contributed by atoms with van der Waals surface area (Å²) in [5.74, 6) is -2.56. The molecule has 2 aromatic rings. The molecule has 1 aromatic carbocycles. The van der Waals surface area contributed by atoms with Gasteiger partial charge in [0.15, 0.2) is 5.82 Å². The van der Waals surface area contributed by atoms with Crippen molar-refractivity contribution in [3.05, 3.63) is 52.9 Å². The molecule has 1 aliphatic heterocycles. The van der Waals surface area contributed by atoms with E-state index in [1.54, 1.807) is 6.07 Å².